The minimum absolute atomic E-state index is 0.0802. The summed E-state index contributed by atoms with van der Waals surface area (Å²) < 4.78 is 0. The van der Waals surface area contributed by atoms with Gasteiger partial charge in [-0.25, -0.2) is 0 Å². The number of hydrogen-bond acceptors (Lipinski definition) is 4. The van der Waals surface area contributed by atoms with Gasteiger partial charge in [0.2, 0.25) is 0 Å². The van der Waals surface area contributed by atoms with Crippen LogP contribution in [0.2, 0.25) is 0 Å². The third-order valence-corrected chi connectivity index (χ3v) is 4.54. The van der Waals surface area contributed by atoms with Crippen molar-refractivity contribution in [3.63, 3.8) is 0 Å². The number of aliphatic hydroxyl groups excluding tert-OH is 1. The Morgan fingerprint density at radius 2 is 1.86 bits per heavy atom. The van der Waals surface area contributed by atoms with E-state index in [0.29, 0.717) is 0 Å². The number of hydrogen-bond donors (Lipinski definition) is 1. The molecule has 0 aromatic heterocycles. The molecule has 1 aromatic carbocycles. The van der Waals surface area contributed by atoms with Gasteiger partial charge in [0.05, 0.1) is 12.6 Å². The van der Waals surface area contributed by atoms with Crippen LogP contribution in [0.3, 0.4) is 0 Å². The van der Waals surface area contributed by atoms with E-state index in [4.69, 9.17) is 5.11 Å². The average Bonchev–Trinajstić information content (AvgIpc) is 2.50. The van der Waals surface area contributed by atoms with Crippen molar-refractivity contribution in [2.45, 2.75) is 26.8 Å². The van der Waals surface area contributed by atoms with Crippen LogP contribution in [0.25, 0.3) is 0 Å². The van der Waals surface area contributed by atoms with Gasteiger partial charge in [-0.3, -0.25) is 14.6 Å². The molecule has 0 aliphatic carbocycles. The molecule has 1 unspecified atom stereocenters. The Morgan fingerprint density at radius 3 is 2.43 bits per heavy atom. The van der Waals surface area contributed by atoms with E-state index in [2.05, 4.69) is 16.7 Å². The van der Waals surface area contributed by atoms with E-state index in [1.54, 1.807) is 0 Å². The lowest BCUT2D eigenvalue weighted by Gasteiger charge is -2.37. The largest absolute Gasteiger partial charge is 0.395 e. The van der Waals surface area contributed by atoms with Crippen molar-refractivity contribution in [2.24, 2.45) is 0 Å². The highest BCUT2D eigenvalue weighted by atomic mass is 16.3. The molecule has 4 nitrogen and oxygen atoms in total. The van der Waals surface area contributed by atoms with E-state index in [-0.39, 0.29) is 18.4 Å². The van der Waals surface area contributed by atoms with E-state index in [9.17, 15) is 4.79 Å². The molecule has 0 saturated carbocycles. The number of carbonyl (C=O) groups excluding carboxylic acids is 1. The zero-order valence-electron chi connectivity index (χ0n) is 13.3. The van der Waals surface area contributed by atoms with Crippen LogP contribution in [0.1, 0.15) is 28.4 Å². The lowest BCUT2D eigenvalue weighted by Crippen LogP contribution is -2.52. The van der Waals surface area contributed by atoms with E-state index >= 15 is 0 Å². The monoisotopic (exact) mass is 290 g/mol. The molecule has 1 atom stereocenters. The van der Waals surface area contributed by atoms with Gasteiger partial charge >= 0.3 is 0 Å². The Kier molecular flexibility index (Phi) is 5.51. The number of piperazine rings is 1. The number of Topliss-reactive ketones (excluding diaryl/α,β-unsaturated/α-hetero) is 1. The minimum atomic E-state index is -0.0802. The van der Waals surface area contributed by atoms with Crippen molar-refractivity contribution in [3.8, 4) is 0 Å². The summed E-state index contributed by atoms with van der Waals surface area (Å²) in [6.07, 6.45) is 0. The first kappa shape index (κ1) is 16.1. The first-order valence-electron chi connectivity index (χ1n) is 7.71. The summed E-state index contributed by atoms with van der Waals surface area (Å²) in [7, 11) is 0. The summed E-state index contributed by atoms with van der Waals surface area (Å²) in [5, 5.41) is 8.97. The molecule has 1 saturated heterocycles. The topological polar surface area (TPSA) is 43.8 Å². The smallest absolute Gasteiger partial charge is 0.179 e. The van der Waals surface area contributed by atoms with Gasteiger partial charge in [0.25, 0.3) is 0 Å². The molecule has 4 heteroatoms. The first-order valence-corrected chi connectivity index (χ1v) is 7.71. The van der Waals surface area contributed by atoms with Crippen LogP contribution < -0.4 is 0 Å². The van der Waals surface area contributed by atoms with Crippen molar-refractivity contribution in [2.75, 3.05) is 39.3 Å². The lowest BCUT2D eigenvalue weighted by molar-refractivity contribution is 0.0663. The van der Waals surface area contributed by atoms with Gasteiger partial charge in [-0.15, -0.1) is 0 Å². The second kappa shape index (κ2) is 7.16. The SMILES string of the molecule is Cc1ccc(C(=O)C(C)N2CCN(CCO)CC2)cc1C. The molecule has 116 valence electrons. The van der Waals surface area contributed by atoms with E-state index in [0.717, 1.165) is 38.3 Å². The van der Waals surface area contributed by atoms with Gasteiger partial charge in [-0.05, 0) is 38.0 Å². The lowest BCUT2D eigenvalue weighted by atomic mass is 9.99. The molecule has 0 amide bonds. The molecule has 1 N–H and O–H groups in total. The van der Waals surface area contributed by atoms with Crippen molar-refractivity contribution in [1.82, 2.24) is 9.80 Å². The highest BCUT2D eigenvalue weighted by Gasteiger charge is 2.26. The second-order valence-electron chi connectivity index (χ2n) is 5.94. The van der Waals surface area contributed by atoms with Crippen LogP contribution in [0.15, 0.2) is 18.2 Å². The Labute approximate surface area is 127 Å². The summed E-state index contributed by atoms with van der Waals surface area (Å²) in [5.74, 6) is 0.203. The summed E-state index contributed by atoms with van der Waals surface area (Å²) in [4.78, 5) is 17.1. The summed E-state index contributed by atoms with van der Waals surface area (Å²) in [5.41, 5.74) is 3.20. The zero-order valence-corrected chi connectivity index (χ0v) is 13.3. The Morgan fingerprint density at radius 1 is 1.19 bits per heavy atom. The molecule has 21 heavy (non-hydrogen) atoms. The maximum absolute atomic E-state index is 12.6. The fraction of sp³-hybridized carbons (Fsp3) is 0.588. The molecule has 0 bridgehead atoms. The van der Waals surface area contributed by atoms with Crippen LogP contribution in [0.5, 0.6) is 0 Å². The summed E-state index contributed by atoms with van der Waals surface area (Å²) in [6, 6.07) is 5.87. The highest BCUT2D eigenvalue weighted by Crippen LogP contribution is 2.15. The van der Waals surface area contributed by atoms with Crippen molar-refractivity contribution in [3.05, 3.63) is 34.9 Å². The fourth-order valence-electron chi connectivity index (χ4n) is 2.82. The van der Waals surface area contributed by atoms with Gasteiger partial charge in [0, 0.05) is 38.3 Å². The molecule has 0 radical (unpaired) electrons. The average molecular weight is 290 g/mol. The third-order valence-electron chi connectivity index (χ3n) is 4.54. The van der Waals surface area contributed by atoms with Crippen LogP contribution >= 0.6 is 0 Å². The van der Waals surface area contributed by atoms with Crippen LogP contribution in [-0.4, -0.2) is 66.1 Å². The molecule has 1 fully saturated rings. The standard InChI is InChI=1S/C17H26N2O2/c1-13-4-5-16(12-14(13)2)17(21)15(3)19-8-6-18(7-9-19)10-11-20/h4-5,12,15,20H,6-11H2,1-3H3. The summed E-state index contributed by atoms with van der Waals surface area (Å²) in [6.45, 7) is 10.7. The second-order valence-corrected chi connectivity index (χ2v) is 5.94. The van der Waals surface area contributed by atoms with Crippen molar-refractivity contribution < 1.29 is 9.90 Å². The summed E-state index contributed by atoms with van der Waals surface area (Å²) >= 11 is 0. The van der Waals surface area contributed by atoms with Crippen molar-refractivity contribution in [1.29, 1.82) is 0 Å². The van der Waals surface area contributed by atoms with Gasteiger partial charge in [-0.2, -0.15) is 0 Å². The van der Waals surface area contributed by atoms with Gasteiger partial charge in [0.15, 0.2) is 5.78 Å². The number of rotatable bonds is 5. The van der Waals surface area contributed by atoms with Gasteiger partial charge < -0.3 is 5.11 Å². The normalized spacial score (nSPS) is 18.7. The molecular weight excluding hydrogens is 264 g/mol. The first-order chi connectivity index (χ1) is 10.0. The van der Waals surface area contributed by atoms with Gasteiger partial charge in [0.1, 0.15) is 0 Å². The molecule has 1 aromatic rings. The number of benzene rings is 1. The van der Waals surface area contributed by atoms with E-state index in [1.165, 1.54) is 11.1 Å². The molecule has 2 rings (SSSR count). The molecule has 1 aliphatic rings. The maximum Gasteiger partial charge on any atom is 0.179 e. The van der Waals surface area contributed by atoms with E-state index in [1.807, 2.05) is 32.0 Å². The predicted molar refractivity (Wildman–Crippen MR) is 84.8 cm³/mol. The Bertz CT molecular complexity index is 494. The molecule has 1 aliphatic heterocycles. The number of ketones is 1. The Balaban J connectivity index is 1.98. The highest BCUT2D eigenvalue weighted by molar-refractivity contribution is 6.00. The number of carbonyl (C=O) groups is 1. The number of aryl methyl sites for hydroxylation is 2. The maximum atomic E-state index is 12.6. The van der Waals surface area contributed by atoms with Crippen LogP contribution in [0, 0.1) is 13.8 Å². The minimum Gasteiger partial charge on any atom is -0.395 e. The fourth-order valence-corrected chi connectivity index (χ4v) is 2.82. The molecule has 0 spiro atoms. The van der Waals surface area contributed by atoms with Gasteiger partial charge in [-0.1, -0.05) is 12.1 Å². The molecular formula is C17H26N2O2. The Hall–Kier alpha value is -1.23. The van der Waals surface area contributed by atoms with E-state index < -0.39 is 0 Å². The number of nitrogens with zero attached hydrogens (tertiary/aromatic N) is 2. The third kappa shape index (κ3) is 3.90. The number of β-amino-alcohol motifs (C(OH)–C–C–N with tert-alkyl or cyclic N) is 1. The molecule has 1 heterocycles. The van der Waals surface area contributed by atoms with Crippen LogP contribution in [0.4, 0.5) is 0 Å². The predicted octanol–water partition coefficient (Wildman–Crippen LogP) is 1.48. The quantitative estimate of drug-likeness (QED) is 0.834. The number of aliphatic hydroxyl groups is 1. The van der Waals surface area contributed by atoms with Crippen LogP contribution in [-0.2, 0) is 0 Å². The zero-order chi connectivity index (χ0) is 15.4. The van der Waals surface area contributed by atoms with Crippen molar-refractivity contribution >= 4 is 5.78 Å².